The standard InChI is InChI=1S/C20H26N2O3S/c1-4-19(26-16-8-6-15(21)7-9-16)20(23)22-12-11-14-5-10-17(24-2)18(13-14)25-3/h5-10,13,19H,4,11-12,21H2,1-3H3,(H,22,23). The van der Waals surface area contributed by atoms with Crippen LogP contribution in [-0.4, -0.2) is 31.9 Å². The molecule has 0 aliphatic carbocycles. The second kappa shape index (κ2) is 9.97. The number of nitrogen functional groups attached to an aromatic ring is 1. The Labute approximate surface area is 159 Å². The lowest BCUT2D eigenvalue weighted by Crippen LogP contribution is -2.33. The summed E-state index contributed by atoms with van der Waals surface area (Å²) in [5.74, 6) is 1.45. The third kappa shape index (κ3) is 5.59. The summed E-state index contributed by atoms with van der Waals surface area (Å²) in [6.45, 7) is 2.59. The van der Waals surface area contributed by atoms with E-state index in [1.165, 1.54) is 0 Å². The van der Waals surface area contributed by atoms with Crippen molar-refractivity contribution < 1.29 is 14.3 Å². The molecule has 1 amide bonds. The highest BCUT2D eigenvalue weighted by Gasteiger charge is 2.17. The first-order valence-electron chi connectivity index (χ1n) is 8.58. The molecule has 0 bridgehead atoms. The van der Waals surface area contributed by atoms with Gasteiger partial charge in [-0.3, -0.25) is 4.79 Å². The average Bonchev–Trinajstić information content (AvgIpc) is 2.67. The van der Waals surface area contributed by atoms with Gasteiger partial charge in [-0.05, 0) is 54.8 Å². The van der Waals surface area contributed by atoms with Gasteiger partial charge in [0.1, 0.15) is 0 Å². The van der Waals surface area contributed by atoms with E-state index in [2.05, 4.69) is 5.32 Å². The zero-order chi connectivity index (χ0) is 18.9. The predicted octanol–water partition coefficient (Wildman–Crippen LogP) is 3.52. The van der Waals surface area contributed by atoms with Crippen LogP contribution in [0.3, 0.4) is 0 Å². The number of carbonyl (C=O) groups excluding carboxylic acids is 1. The van der Waals surface area contributed by atoms with Gasteiger partial charge in [0, 0.05) is 17.1 Å². The summed E-state index contributed by atoms with van der Waals surface area (Å²) in [5.41, 5.74) is 7.51. The lowest BCUT2D eigenvalue weighted by molar-refractivity contribution is -0.120. The molecule has 0 saturated heterocycles. The van der Waals surface area contributed by atoms with E-state index in [4.69, 9.17) is 15.2 Å². The second-order valence-corrected chi connectivity index (χ2v) is 7.09. The molecule has 1 unspecified atom stereocenters. The number of methoxy groups -OCH3 is 2. The van der Waals surface area contributed by atoms with Gasteiger partial charge in [0.15, 0.2) is 11.5 Å². The van der Waals surface area contributed by atoms with Crippen molar-refractivity contribution in [2.45, 2.75) is 29.9 Å². The minimum Gasteiger partial charge on any atom is -0.493 e. The summed E-state index contributed by atoms with van der Waals surface area (Å²) in [5, 5.41) is 2.90. The molecule has 0 heterocycles. The van der Waals surface area contributed by atoms with Crippen molar-refractivity contribution in [3.8, 4) is 11.5 Å². The number of hydrogen-bond acceptors (Lipinski definition) is 5. The number of amides is 1. The number of nitrogens with one attached hydrogen (secondary N) is 1. The van der Waals surface area contributed by atoms with Crippen LogP contribution in [0.25, 0.3) is 0 Å². The van der Waals surface area contributed by atoms with Gasteiger partial charge in [-0.25, -0.2) is 0 Å². The fourth-order valence-electron chi connectivity index (χ4n) is 2.51. The Kier molecular flexibility index (Phi) is 7.66. The van der Waals surface area contributed by atoms with Gasteiger partial charge >= 0.3 is 0 Å². The Morgan fingerprint density at radius 3 is 2.42 bits per heavy atom. The topological polar surface area (TPSA) is 73.6 Å². The molecular formula is C20H26N2O3S. The Morgan fingerprint density at radius 2 is 1.81 bits per heavy atom. The highest BCUT2D eigenvalue weighted by atomic mass is 32.2. The number of anilines is 1. The van der Waals surface area contributed by atoms with Crippen LogP contribution in [0.2, 0.25) is 0 Å². The van der Waals surface area contributed by atoms with E-state index in [1.807, 2.05) is 49.4 Å². The van der Waals surface area contributed by atoms with Crippen molar-refractivity contribution in [1.82, 2.24) is 5.32 Å². The zero-order valence-corrected chi connectivity index (χ0v) is 16.3. The molecule has 5 nitrogen and oxygen atoms in total. The first kappa shape index (κ1) is 20.0. The van der Waals surface area contributed by atoms with Crippen molar-refractivity contribution in [3.05, 3.63) is 48.0 Å². The maximum absolute atomic E-state index is 12.5. The molecule has 26 heavy (non-hydrogen) atoms. The van der Waals surface area contributed by atoms with Gasteiger partial charge in [0.25, 0.3) is 0 Å². The van der Waals surface area contributed by atoms with E-state index in [9.17, 15) is 4.79 Å². The highest BCUT2D eigenvalue weighted by Crippen LogP contribution is 2.28. The van der Waals surface area contributed by atoms with Gasteiger partial charge in [-0.2, -0.15) is 0 Å². The molecule has 6 heteroatoms. The summed E-state index contributed by atoms with van der Waals surface area (Å²) in [6.07, 6.45) is 1.49. The van der Waals surface area contributed by atoms with E-state index in [0.29, 0.717) is 18.0 Å². The summed E-state index contributed by atoms with van der Waals surface area (Å²) in [4.78, 5) is 13.5. The van der Waals surface area contributed by atoms with Gasteiger partial charge in [-0.1, -0.05) is 13.0 Å². The van der Waals surface area contributed by atoms with E-state index in [0.717, 1.165) is 29.0 Å². The van der Waals surface area contributed by atoms with E-state index < -0.39 is 0 Å². The van der Waals surface area contributed by atoms with Crippen molar-refractivity contribution in [2.24, 2.45) is 0 Å². The van der Waals surface area contributed by atoms with Crippen LogP contribution in [0, 0.1) is 0 Å². The maximum atomic E-state index is 12.5. The number of benzene rings is 2. The minimum atomic E-state index is -0.121. The number of ether oxygens (including phenoxy) is 2. The number of hydrogen-bond donors (Lipinski definition) is 2. The maximum Gasteiger partial charge on any atom is 0.233 e. The summed E-state index contributed by atoms with van der Waals surface area (Å²) in [6, 6.07) is 13.4. The monoisotopic (exact) mass is 374 g/mol. The van der Waals surface area contributed by atoms with Crippen molar-refractivity contribution in [3.63, 3.8) is 0 Å². The van der Waals surface area contributed by atoms with Crippen LogP contribution in [0.1, 0.15) is 18.9 Å². The molecule has 0 radical (unpaired) electrons. The fourth-order valence-corrected chi connectivity index (χ4v) is 3.49. The van der Waals surface area contributed by atoms with Crippen molar-refractivity contribution >= 4 is 23.4 Å². The van der Waals surface area contributed by atoms with Crippen LogP contribution in [0.4, 0.5) is 5.69 Å². The molecular weight excluding hydrogens is 348 g/mol. The number of rotatable bonds is 9. The molecule has 2 aromatic carbocycles. The van der Waals surface area contributed by atoms with Crippen LogP contribution >= 0.6 is 11.8 Å². The zero-order valence-electron chi connectivity index (χ0n) is 15.5. The second-order valence-electron chi connectivity index (χ2n) is 5.81. The van der Waals surface area contributed by atoms with Crippen molar-refractivity contribution in [2.75, 3.05) is 26.5 Å². The van der Waals surface area contributed by atoms with Crippen LogP contribution in [-0.2, 0) is 11.2 Å². The Balaban J connectivity index is 1.87. The van der Waals surface area contributed by atoms with Gasteiger partial charge in [0.2, 0.25) is 5.91 Å². The van der Waals surface area contributed by atoms with E-state index >= 15 is 0 Å². The van der Waals surface area contributed by atoms with Crippen LogP contribution in [0.15, 0.2) is 47.4 Å². The van der Waals surface area contributed by atoms with Gasteiger partial charge in [-0.15, -0.1) is 11.8 Å². The van der Waals surface area contributed by atoms with Gasteiger partial charge in [0.05, 0.1) is 19.5 Å². The largest absolute Gasteiger partial charge is 0.493 e. The quantitative estimate of drug-likeness (QED) is 0.519. The molecule has 0 aromatic heterocycles. The molecule has 0 fully saturated rings. The number of nitrogens with two attached hydrogens (primary N) is 1. The first-order valence-corrected chi connectivity index (χ1v) is 9.46. The molecule has 2 rings (SSSR count). The third-order valence-corrected chi connectivity index (χ3v) is 5.36. The highest BCUT2D eigenvalue weighted by molar-refractivity contribution is 8.00. The Bertz CT molecular complexity index is 719. The van der Waals surface area contributed by atoms with Crippen LogP contribution < -0.4 is 20.5 Å². The lowest BCUT2D eigenvalue weighted by atomic mass is 10.1. The summed E-state index contributed by atoms with van der Waals surface area (Å²) < 4.78 is 10.5. The summed E-state index contributed by atoms with van der Waals surface area (Å²) >= 11 is 1.56. The molecule has 1 atom stereocenters. The molecule has 140 valence electrons. The third-order valence-electron chi connectivity index (χ3n) is 3.98. The smallest absolute Gasteiger partial charge is 0.233 e. The SMILES string of the molecule is CCC(Sc1ccc(N)cc1)C(=O)NCCc1ccc(OC)c(OC)c1. The Morgan fingerprint density at radius 1 is 1.12 bits per heavy atom. The number of carbonyl (C=O) groups is 1. The van der Waals surface area contributed by atoms with E-state index in [-0.39, 0.29) is 11.2 Å². The first-order chi connectivity index (χ1) is 12.6. The molecule has 3 N–H and O–H groups in total. The Hall–Kier alpha value is -2.34. The summed E-state index contributed by atoms with van der Waals surface area (Å²) in [7, 11) is 3.23. The number of thioether (sulfide) groups is 1. The van der Waals surface area contributed by atoms with Gasteiger partial charge < -0.3 is 20.5 Å². The molecule has 0 aliphatic rings. The normalized spacial score (nSPS) is 11.7. The fraction of sp³-hybridized carbons (Fsp3) is 0.350. The average molecular weight is 375 g/mol. The lowest BCUT2D eigenvalue weighted by Gasteiger charge is -2.15. The molecule has 0 aliphatic heterocycles. The molecule has 2 aromatic rings. The van der Waals surface area contributed by atoms with Crippen molar-refractivity contribution in [1.29, 1.82) is 0 Å². The molecule has 0 spiro atoms. The minimum absolute atomic E-state index is 0.0507. The van der Waals surface area contributed by atoms with E-state index in [1.54, 1.807) is 26.0 Å². The molecule has 0 saturated carbocycles. The predicted molar refractivity (Wildman–Crippen MR) is 107 cm³/mol. The van der Waals surface area contributed by atoms with Crippen LogP contribution in [0.5, 0.6) is 11.5 Å².